The SMILES string of the molecule is CCCC[C@H](CC)C(=O)N(CCCOC)Cc1nc(C(=O)OC)cs1. The predicted octanol–water partition coefficient (Wildman–Crippen LogP) is 3.51. The van der Waals surface area contributed by atoms with E-state index >= 15 is 0 Å². The molecule has 1 atom stereocenters. The number of hydrogen-bond acceptors (Lipinski definition) is 6. The molecule has 1 aromatic rings. The van der Waals surface area contributed by atoms with Gasteiger partial charge in [-0.3, -0.25) is 4.79 Å². The van der Waals surface area contributed by atoms with Gasteiger partial charge in [-0.05, 0) is 19.3 Å². The molecule has 0 saturated carbocycles. The van der Waals surface area contributed by atoms with Crippen LogP contribution in [0.2, 0.25) is 0 Å². The van der Waals surface area contributed by atoms with Gasteiger partial charge in [0.05, 0.1) is 13.7 Å². The first-order chi connectivity index (χ1) is 12.1. The number of amides is 1. The molecule has 0 fully saturated rings. The number of ether oxygens (including phenoxy) is 2. The first-order valence-corrected chi connectivity index (χ1v) is 9.75. The van der Waals surface area contributed by atoms with Gasteiger partial charge in [0.15, 0.2) is 5.69 Å². The van der Waals surface area contributed by atoms with Crippen LogP contribution in [0, 0.1) is 5.92 Å². The van der Waals surface area contributed by atoms with E-state index in [1.165, 1.54) is 18.4 Å². The molecule has 0 unspecified atom stereocenters. The van der Waals surface area contributed by atoms with Gasteiger partial charge in [-0.25, -0.2) is 9.78 Å². The molecule has 7 heteroatoms. The number of carbonyl (C=O) groups is 2. The highest BCUT2D eigenvalue weighted by Crippen LogP contribution is 2.20. The molecule has 142 valence electrons. The van der Waals surface area contributed by atoms with E-state index in [0.717, 1.165) is 37.1 Å². The normalized spacial score (nSPS) is 12.0. The van der Waals surface area contributed by atoms with Gasteiger partial charge < -0.3 is 14.4 Å². The lowest BCUT2D eigenvalue weighted by molar-refractivity contribution is -0.136. The fourth-order valence-corrected chi connectivity index (χ4v) is 3.40. The van der Waals surface area contributed by atoms with Crippen molar-refractivity contribution in [1.29, 1.82) is 0 Å². The number of hydrogen-bond donors (Lipinski definition) is 0. The third-order valence-electron chi connectivity index (χ3n) is 4.11. The molecule has 6 nitrogen and oxygen atoms in total. The minimum absolute atomic E-state index is 0.0440. The molecule has 1 aromatic heterocycles. The molecule has 0 saturated heterocycles. The minimum Gasteiger partial charge on any atom is -0.464 e. The largest absolute Gasteiger partial charge is 0.464 e. The van der Waals surface area contributed by atoms with Crippen molar-refractivity contribution < 1.29 is 19.1 Å². The summed E-state index contributed by atoms with van der Waals surface area (Å²) in [5.74, 6) is -0.237. The number of esters is 1. The fourth-order valence-electron chi connectivity index (χ4n) is 2.62. The van der Waals surface area contributed by atoms with Crippen LogP contribution >= 0.6 is 11.3 Å². The fraction of sp³-hybridized carbons (Fsp3) is 0.722. The Labute approximate surface area is 154 Å². The molecular formula is C18H30N2O4S. The van der Waals surface area contributed by atoms with E-state index in [0.29, 0.717) is 25.4 Å². The summed E-state index contributed by atoms with van der Waals surface area (Å²) in [5.41, 5.74) is 0.296. The first kappa shape index (κ1) is 21.6. The van der Waals surface area contributed by atoms with Crippen LogP contribution in [0.3, 0.4) is 0 Å². The predicted molar refractivity (Wildman–Crippen MR) is 98.7 cm³/mol. The third kappa shape index (κ3) is 7.12. The Morgan fingerprint density at radius 2 is 2.04 bits per heavy atom. The number of unbranched alkanes of at least 4 members (excludes halogenated alkanes) is 1. The summed E-state index contributed by atoms with van der Waals surface area (Å²) >= 11 is 1.38. The average Bonchev–Trinajstić information content (AvgIpc) is 3.09. The lowest BCUT2D eigenvalue weighted by Crippen LogP contribution is -2.36. The van der Waals surface area contributed by atoms with Crippen molar-refractivity contribution in [2.24, 2.45) is 5.92 Å². The van der Waals surface area contributed by atoms with E-state index in [9.17, 15) is 9.59 Å². The van der Waals surface area contributed by atoms with E-state index in [4.69, 9.17) is 4.74 Å². The summed E-state index contributed by atoms with van der Waals surface area (Å²) in [7, 11) is 2.99. The van der Waals surface area contributed by atoms with Crippen LogP contribution in [0.1, 0.15) is 61.4 Å². The quantitative estimate of drug-likeness (QED) is 0.416. The molecule has 0 aliphatic rings. The number of aromatic nitrogens is 1. The average molecular weight is 371 g/mol. The molecule has 25 heavy (non-hydrogen) atoms. The van der Waals surface area contributed by atoms with Crippen molar-refractivity contribution in [2.75, 3.05) is 27.4 Å². The maximum Gasteiger partial charge on any atom is 0.357 e. The van der Waals surface area contributed by atoms with Crippen LogP contribution in [0.15, 0.2) is 5.38 Å². The Bertz CT molecular complexity index is 533. The highest BCUT2D eigenvalue weighted by molar-refractivity contribution is 7.09. The minimum atomic E-state index is -0.450. The molecule has 0 radical (unpaired) electrons. The van der Waals surface area contributed by atoms with Crippen molar-refractivity contribution >= 4 is 23.2 Å². The summed E-state index contributed by atoms with van der Waals surface area (Å²) in [5, 5.41) is 2.42. The van der Waals surface area contributed by atoms with Crippen LogP contribution in [0.5, 0.6) is 0 Å². The maximum absolute atomic E-state index is 12.9. The van der Waals surface area contributed by atoms with Gasteiger partial charge in [-0.2, -0.15) is 0 Å². The summed E-state index contributed by atoms with van der Waals surface area (Å²) in [6, 6.07) is 0. The molecule has 0 aliphatic heterocycles. The molecule has 1 heterocycles. The maximum atomic E-state index is 12.9. The smallest absolute Gasteiger partial charge is 0.357 e. The molecule has 0 aliphatic carbocycles. The lowest BCUT2D eigenvalue weighted by Gasteiger charge is -2.26. The van der Waals surface area contributed by atoms with Gasteiger partial charge >= 0.3 is 5.97 Å². The Morgan fingerprint density at radius 1 is 1.28 bits per heavy atom. The van der Waals surface area contributed by atoms with Gasteiger partial charge in [0.1, 0.15) is 5.01 Å². The molecular weight excluding hydrogens is 340 g/mol. The number of rotatable bonds is 12. The standard InChI is InChI=1S/C18H30N2O4S/c1-5-7-9-14(6-2)17(21)20(10-8-11-23-3)12-16-19-15(13-25-16)18(22)24-4/h13-14H,5-12H2,1-4H3/t14-/m0/s1. The Morgan fingerprint density at radius 3 is 2.64 bits per heavy atom. The molecule has 0 N–H and O–H groups in total. The zero-order chi connectivity index (χ0) is 18.7. The molecule has 1 rings (SSSR count). The van der Waals surface area contributed by atoms with E-state index in [1.807, 2.05) is 4.90 Å². The van der Waals surface area contributed by atoms with Crippen molar-refractivity contribution in [3.8, 4) is 0 Å². The lowest BCUT2D eigenvalue weighted by atomic mass is 9.97. The zero-order valence-electron chi connectivity index (χ0n) is 15.7. The van der Waals surface area contributed by atoms with Crippen molar-refractivity contribution in [3.05, 3.63) is 16.1 Å². The zero-order valence-corrected chi connectivity index (χ0v) is 16.6. The molecule has 1 amide bonds. The Balaban J connectivity index is 2.82. The van der Waals surface area contributed by atoms with E-state index in [1.54, 1.807) is 12.5 Å². The Kier molecular flexibility index (Phi) is 10.3. The summed E-state index contributed by atoms with van der Waals surface area (Å²) in [6.07, 6.45) is 4.67. The van der Waals surface area contributed by atoms with Crippen LogP contribution in [0.25, 0.3) is 0 Å². The number of thiazole rings is 1. The van der Waals surface area contributed by atoms with Crippen molar-refractivity contribution in [1.82, 2.24) is 9.88 Å². The molecule has 0 bridgehead atoms. The highest BCUT2D eigenvalue weighted by atomic mass is 32.1. The van der Waals surface area contributed by atoms with E-state index in [2.05, 4.69) is 23.6 Å². The van der Waals surface area contributed by atoms with E-state index < -0.39 is 5.97 Å². The monoisotopic (exact) mass is 370 g/mol. The molecule has 0 spiro atoms. The Hall–Kier alpha value is -1.47. The first-order valence-electron chi connectivity index (χ1n) is 8.87. The van der Waals surface area contributed by atoms with Gasteiger partial charge in [0.25, 0.3) is 0 Å². The summed E-state index contributed by atoms with van der Waals surface area (Å²) in [6.45, 7) is 5.86. The second-order valence-corrected chi connectivity index (χ2v) is 6.91. The van der Waals surface area contributed by atoms with Crippen LogP contribution in [0.4, 0.5) is 0 Å². The molecule has 0 aromatic carbocycles. The van der Waals surface area contributed by atoms with Crippen molar-refractivity contribution in [3.63, 3.8) is 0 Å². The summed E-state index contributed by atoms with van der Waals surface area (Å²) < 4.78 is 9.80. The van der Waals surface area contributed by atoms with Crippen LogP contribution in [-0.2, 0) is 20.8 Å². The second-order valence-electron chi connectivity index (χ2n) is 5.97. The second kappa shape index (κ2) is 12.0. The van der Waals surface area contributed by atoms with Gasteiger partial charge in [0, 0.05) is 31.6 Å². The summed E-state index contributed by atoms with van der Waals surface area (Å²) in [4.78, 5) is 30.6. The topological polar surface area (TPSA) is 68.7 Å². The number of carbonyl (C=O) groups excluding carboxylic acids is 2. The highest BCUT2D eigenvalue weighted by Gasteiger charge is 2.23. The van der Waals surface area contributed by atoms with Gasteiger partial charge in [-0.1, -0.05) is 26.7 Å². The van der Waals surface area contributed by atoms with Gasteiger partial charge in [-0.15, -0.1) is 11.3 Å². The number of nitrogens with zero attached hydrogens (tertiary/aromatic N) is 2. The number of methoxy groups -OCH3 is 2. The van der Waals surface area contributed by atoms with Crippen LogP contribution in [-0.4, -0.2) is 49.1 Å². The van der Waals surface area contributed by atoms with E-state index in [-0.39, 0.29) is 11.8 Å². The van der Waals surface area contributed by atoms with Crippen LogP contribution < -0.4 is 0 Å². The third-order valence-corrected chi connectivity index (χ3v) is 4.94. The van der Waals surface area contributed by atoms with Gasteiger partial charge in [0.2, 0.25) is 5.91 Å². The van der Waals surface area contributed by atoms with Crippen molar-refractivity contribution in [2.45, 2.75) is 52.5 Å².